The first-order valence-corrected chi connectivity index (χ1v) is 7.83. The van der Waals surface area contributed by atoms with E-state index in [1.54, 1.807) is 11.1 Å². The number of hydrogen-bond donors (Lipinski definition) is 1. The molecule has 1 aliphatic heterocycles. The molecule has 0 unspecified atom stereocenters. The lowest BCUT2D eigenvalue weighted by atomic mass is 9.96. The van der Waals surface area contributed by atoms with Crippen molar-refractivity contribution in [2.75, 3.05) is 26.7 Å². The van der Waals surface area contributed by atoms with E-state index in [0.29, 0.717) is 0 Å². The van der Waals surface area contributed by atoms with E-state index in [0.717, 1.165) is 12.5 Å². The lowest BCUT2D eigenvalue weighted by Crippen LogP contribution is -2.36. The normalized spacial score (nSPS) is 19.6. The zero-order valence-corrected chi connectivity index (χ0v) is 13.3. The summed E-state index contributed by atoms with van der Waals surface area (Å²) in [5.41, 5.74) is 4.73. The molecule has 2 aliphatic rings. The van der Waals surface area contributed by atoms with Crippen molar-refractivity contribution in [1.82, 2.24) is 10.2 Å². The number of fused-ring (bicyclic) bond motifs is 1. The molecule has 0 radical (unpaired) electrons. The van der Waals surface area contributed by atoms with Crippen LogP contribution in [0.1, 0.15) is 36.0 Å². The second-order valence-electron chi connectivity index (χ2n) is 6.23. The Morgan fingerprint density at radius 3 is 2.65 bits per heavy atom. The monoisotopic (exact) mass is 294 g/mol. The highest BCUT2D eigenvalue weighted by atomic mass is 35.5. The van der Waals surface area contributed by atoms with Crippen molar-refractivity contribution >= 4 is 12.4 Å². The molecule has 112 valence electrons. The van der Waals surface area contributed by atoms with Crippen LogP contribution < -0.4 is 5.32 Å². The first kappa shape index (κ1) is 15.8. The number of likely N-dealkylation sites (tertiary alicyclic amines) is 1. The second kappa shape index (κ2) is 7.44. The van der Waals surface area contributed by atoms with Crippen LogP contribution in [0.4, 0.5) is 0 Å². The maximum atomic E-state index is 3.31. The summed E-state index contributed by atoms with van der Waals surface area (Å²) in [5.74, 6) is 0.890. The molecule has 0 atom stereocenters. The molecule has 0 bridgehead atoms. The van der Waals surface area contributed by atoms with Crippen LogP contribution in [-0.2, 0) is 19.4 Å². The van der Waals surface area contributed by atoms with Gasteiger partial charge >= 0.3 is 0 Å². The number of rotatable bonds is 4. The van der Waals surface area contributed by atoms with Gasteiger partial charge < -0.3 is 5.32 Å². The van der Waals surface area contributed by atoms with Crippen molar-refractivity contribution in [2.24, 2.45) is 5.92 Å². The van der Waals surface area contributed by atoms with Gasteiger partial charge in [-0.2, -0.15) is 0 Å². The topological polar surface area (TPSA) is 15.3 Å². The van der Waals surface area contributed by atoms with Gasteiger partial charge in [0.15, 0.2) is 0 Å². The van der Waals surface area contributed by atoms with Crippen molar-refractivity contribution in [2.45, 2.75) is 38.6 Å². The lowest BCUT2D eigenvalue weighted by Gasteiger charge is -2.32. The molecule has 2 nitrogen and oxygen atoms in total. The fourth-order valence-corrected chi connectivity index (χ4v) is 3.62. The van der Waals surface area contributed by atoms with E-state index in [1.807, 2.05) is 0 Å². The van der Waals surface area contributed by atoms with Crippen molar-refractivity contribution in [3.05, 3.63) is 34.9 Å². The third-order valence-corrected chi connectivity index (χ3v) is 4.77. The number of halogens is 1. The maximum Gasteiger partial charge on any atom is 0.0233 e. The SMILES string of the molecule is CNCC1CCN(Cc2ccc3c(c2)CCC3)CC1.Cl. The molecule has 0 aromatic heterocycles. The number of aryl methyl sites for hydroxylation is 2. The average Bonchev–Trinajstić information content (AvgIpc) is 2.89. The summed E-state index contributed by atoms with van der Waals surface area (Å²) in [6.45, 7) is 4.87. The van der Waals surface area contributed by atoms with E-state index in [-0.39, 0.29) is 12.4 Å². The quantitative estimate of drug-likeness (QED) is 0.918. The van der Waals surface area contributed by atoms with E-state index >= 15 is 0 Å². The van der Waals surface area contributed by atoms with Gasteiger partial charge in [0, 0.05) is 6.54 Å². The maximum absolute atomic E-state index is 3.31. The summed E-state index contributed by atoms with van der Waals surface area (Å²) in [4.78, 5) is 2.63. The first-order valence-electron chi connectivity index (χ1n) is 7.83. The van der Waals surface area contributed by atoms with E-state index in [9.17, 15) is 0 Å². The number of nitrogens with zero attached hydrogens (tertiary/aromatic N) is 1. The minimum atomic E-state index is 0. The standard InChI is InChI=1S/C17H26N2.ClH/c1-18-12-14-7-9-19(10-8-14)13-15-5-6-16-3-2-4-17(16)11-15;/h5-6,11,14,18H,2-4,7-10,12-13H2,1H3;1H. The summed E-state index contributed by atoms with van der Waals surface area (Å²) >= 11 is 0. The van der Waals surface area contributed by atoms with Gasteiger partial charge in [0.1, 0.15) is 0 Å². The van der Waals surface area contributed by atoms with Crippen molar-refractivity contribution in [3.63, 3.8) is 0 Å². The van der Waals surface area contributed by atoms with Crippen LogP contribution in [-0.4, -0.2) is 31.6 Å². The molecule has 1 heterocycles. The zero-order valence-electron chi connectivity index (χ0n) is 12.5. The minimum Gasteiger partial charge on any atom is -0.319 e. The highest BCUT2D eigenvalue weighted by Crippen LogP contribution is 2.24. The molecule has 3 heteroatoms. The van der Waals surface area contributed by atoms with Crippen molar-refractivity contribution < 1.29 is 0 Å². The molecule has 1 saturated heterocycles. The van der Waals surface area contributed by atoms with Crippen LogP contribution >= 0.6 is 12.4 Å². The van der Waals surface area contributed by atoms with Gasteiger partial charge in [-0.05, 0) is 81.4 Å². The van der Waals surface area contributed by atoms with Gasteiger partial charge in [-0.15, -0.1) is 12.4 Å². The Morgan fingerprint density at radius 1 is 1.15 bits per heavy atom. The molecule has 1 aromatic carbocycles. The first-order chi connectivity index (χ1) is 9.35. The molecule has 1 aliphatic carbocycles. The number of nitrogens with one attached hydrogen (secondary N) is 1. The molecular formula is C17H27ClN2. The van der Waals surface area contributed by atoms with Crippen LogP contribution in [0, 0.1) is 5.92 Å². The Kier molecular flexibility index (Phi) is 5.88. The molecule has 20 heavy (non-hydrogen) atoms. The molecule has 0 saturated carbocycles. The average molecular weight is 295 g/mol. The third-order valence-electron chi connectivity index (χ3n) is 4.77. The predicted octanol–water partition coefficient (Wildman–Crippen LogP) is 3.03. The van der Waals surface area contributed by atoms with E-state index in [1.165, 1.54) is 57.3 Å². The zero-order chi connectivity index (χ0) is 13.1. The summed E-state index contributed by atoms with van der Waals surface area (Å²) in [5, 5.41) is 3.31. The molecule has 1 fully saturated rings. The fourth-order valence-electron chi connectivity index (χ4n) is 3.62. The van der Waals surface area contributed by atoms with Crippen LogP contribution in [0.5, 0.6) is 0 Å². The Labute approximate surface area is 129 Å². The Morgan fingerprint density at radius 2 is 1.90 bits per heavy atom. The van der Waals surface area contributed by atoms with E-state index < -0.39 is 0 Å². The molecular weight excluding hydrogens is 268 g/mol. The van der Waals surface area contributed by atoms with Gasteiger partial charge in [-0.25, -0.2) is 0 Å². The number of benzene rings is 1. The molecule has 1 N–H and O–H groups in total. The van der Waals surface area contributed by atoms with E-state index in [2.05, 4.69) is 35.5 Å². The van der Waals surface area contributed by atoms with Gasteiger partial charge in [0.25, 0.3) is 0 Å². The van der Waals surface area contributed by atoms with E-state index in [4.69, 9.17) is 0 Å². The highest BCUT2D eigenvalue weighted by molar-refractivity contribution is 5.85. The van der Waals surface area contributed by atoms with Gasteiger partial charge in [0.05, 0.1) is 0 Å². The molecule has 0 amide bonds. The van der Waals surface area contributed by atoms with Gasteiger partial charge in [-0.3, -0.25) is 4.90 Å². The van der Waals surface area contributed by atoms with Gasteiger partial charge in [-0.1, -0.05) is 18.2 Å². The smallest absolute Gasteiger partial charge is 0.0233 e. The lowest BCUT2D eigenvalue weighted by molar-refractivity contribution is 0.177. The number of hydrogen-bond acceptors (Lipinski definition) is 2. The Bertz CT molecular complexity index is 425. The Balaban J connectivity index is 0.00000147. The van der Waals surface area contributed by atoms with Crippen LogP contribution in [0.3, 0.4) is 0 Å². The van der Waals surface area contributed by atoms with Crippen LogP contribution in [0.25, 0.3) is 0 Å². The third kappa shape index (κ3) is 3.75. The molecule has 0 spiro atoms. The fraction of sp³-hybridized carbons (Fsp3) is 0.647. The van der Waals surface area contributed by atoms with Crippen LogP contribution in [0.15, 0.2) is 18.2 Å². The van der Waals surface area contributed by atoms with Crippen LogP contribution in [0.2, 0.25) is 0 Å². The summed E-state index contributed by atoms with van der Waals surface area (Å²) in [6, 6.07) is 7.18. The minimum absolute atomic E-state index is 0. The predicted molar refractivity (Wildman–Crippen MR) is 87.6 cm³/mol. The summed E-state index contributed by atoms with van der Waals surface area (Å²) < 4.78 is 0. The largest absolute Gasteiger partial charge is 0.319 e. The molecule has 3 rings (SSSR count). The Hall–Kier alpha value is -0.570. The van der Waals surface area contributed by atoms with Crippen molar-refractivity contribution in [1.29, 1.82) is 0 Å². The summed E-state index contributed by atoms with van der Waals surface area (Å²) in [7, 11) is 2.07. The second-order valence-corrected chi connectivity index (χ2v) is 6.23. The number of piperidine rings is 1. The molecule has 1 aromatic rings. The summed E-state index contributed by atoms with van der Waals surface area (Å²) in [6.07, 6.45) is 6.66. The van der Waals surface area contributed by atoms with Crippen molar-refractivity contribution in [3.8, 4) is 0 Å². The highest BCUT2D eigenvalue weighted by Gasteiger charge is 2.19. The van der Waals surface area contributed by atoms with Gasteiger partial charge in [0.2, 0.25) is 0 Å².